The summed E-state index contributed by atoms with van der Waals surface area (Å²) in [5.74, 6) is 0. The highest BCUT2D eigenvalue weighted by atomic mass is 14.8. The van der Waals surface area contributed by atoms with Crippen LogP contribution in [-0.2, 0) is 0 Å². The Kier molecular flexibility index (Phi) is 2.07. The van der Waals surface area contributed by atoms with Crippen molar-refractivity contribution in [3.63, 3.8) is 0 Å². The molecule has 3 rings (SSSR count). The minimum atomic E-state index is 0.876. The summed E-state index contributed by atoms with van der Waals surface area (Å²) < 4.78 is 0. The zero-order chi connectivity index (χ0) is 10.8. The number of hydrogen-bond donors (Lipinski definition) is 0. The Morgan fingerprint density at radius 3 is 2.62 bits per heavy atom. The second-order valence-electron chi connectivity index (χ2n) is 3.47. The van der Waals surface area contributed by atoms with E-state index in [9.17, 15) is 0 Å². The van der Waals surface area contributed by atoms with Crippen molar-refractivity contribution in [2.24, 2.45) is 0 Å². The van der Waals surface area contributed by atoms with Gasteiger partial charge in [-0.2, -0.15) is 0 Å². The Morgan fingerprint density at radius 2 is 1.75 bits per heavy atom. The van der Waals surface area contributed by atoms with Crippen molar-refractivity contribution in [2.45, 2.75) is 0 Å². The molecule has 0 aliphatic carbocycles. The van der Waals surface area contributed by atoms with E-state index in [-0.39, 0.29) is 0 Å². The first-order chi connectivity index (χ1) is 7.95. The largest absolute Gasteiger partial charge is 0.261 e. The smallest absolute Gasteiger partial charge is 0.0892 e. The molecule has 0 radical (unpaired) electrons. The topological polar surface area (TPSA) is 38.7 Å². The first kappa shape index (κ1) is 8.97. The number of benzene rings is 1. The lowest BCUT2D eigenvalue weighted by Crippen LogP contribution is -1.87. The van der Waals surface area contributed by atoms with Crippen LogP contribution in [0.3, 0.4) is 0 Å². The second-order valence-corrected chi connectivity index (χ2v) is 3.47. The third-order valence-corrected chi connectivity index (χ3v) is 2.49. The molecule has 3 nitrogen and oxygen atoms in total. The van der Waals surface area contributed by atoms with E-state index in [2.05, 4.69) is 15.0 Å². The SMILES string of the molecule is c1ccc2c(-c3cnccn3)ccnc2c1. The highest BCUT2D eigenvalue weighted by molar-refractivity contribution is 5.92. The van der Waals surface area contributed by atoms with Crippen molar-refractivity contribution < 1.29 is 0 Å². The van der Waals surface area contributed by atoms with E-state index >= 15 is 0 Å². The van der Waals surface area contributed by atoms with Crippen molar-refractivity contribution in [3.05, 3.63) is 55.1 Å². The third-order valence-electron chi connectivity index (χ3n) is 2.49. The number of hydrogen-bond acceptors (Lipinski definition) is 3. The van der Waals surface area contributed by atoms with Gasteiger partial charge in [0.25, 0.3) is 0 Å². The third kappa shape index (κ3) is 1.42. The molecule has 0 amide bonds. The minimum absolute atomic E-state index is 0.876. The number of nitrogens with zero attached hydrogens (tertiary/aromatic N) is 3. The summed E-state index contributed by atoms with van der Waals surface area (Å²) in [4.78, 5) is 12.7. The van der Waals surface area contributed by atoms with Crippen LogP contribution in [0, 0.1) is 0 Å². The van der Waals surface area contributed by atoms with Crippen LogP contribution in [0.25, 0.3) is 22.2 Å². The first-order valence-corrected chi connectivity index (χ1v) is 5.05. The summed E-state index contributed by atoms with van der Waals surface area (Å²) in [6.45, 7) is 0. The molecule has 3 heteroatoms. The molecule has 0 saturated heterocycles. The van der Waals surface area contributed by atoms with E-state index in [1.165, 1.54) is 0 Å². The molecule has 0 atom stereocenters. The molecule has 0 saturated carbocycles. The highest BCUT2D eigenvalue weighted by Gasteiger charge is 2.04. The Morgan fingerprint density at radius 1 is 0.812 bits per heavy atom. The lowest BCUT2D eigenvalue weighted by atomic mass is 10.1. The summed E-state index contributed by atoms with van der Waals surface area (Å²) in [7, 11) is 0. The lowest BCUT2D eigenvalue weighted by molar-refractivity contribution is 1.21. The second kappa shape index (κ2) is 3.70. The van der Waals surface area contributed by atoms with Gasteiger partial charge in [-0.3, -0.25) is 15.0 Å². The van der Waals surface area contributed by atoms with E-state index in [1.54, 1.807) is 24.8 Å². The molecule has 2 heterocycles. The van der Waals surface area contributed by atoms with Gasteiger partial charge >= 0.3 is 0 Å². The van der Waals surface area contributed by atoms with E-state index in [4.69, 9.17) is 0 Å². The molecule has 2 aromatic heterocycles. The van der Waals surface area contributed by atoms with Crippen molar-refractivity contribution in [1.82, 2.24) is 15.0 Å². The van der Waals surface area contributed by atoms with Crippen LogP contribution in [0.4, 0.5) is 0 Å². The number of aromatic nitrogens is 3. The van der Waals surface area contributed by atoms with E-state index in [0.29, 0.717) is 0 Å². The molecule has 76 valence electrons. The minimum Gasteiger partial charge on any atom is -0.261 e. The molecule has 0 fully saturated rings. The fourth-order valence-corrected chi connectivity index (χ4v) is 1.76. The molecule has 0 unspecified atom stereocenters. The van der Waals surface area contributed by atoms with Gasteiger partial charge in [0.15, 0.2) is 0 Å². The zero-order valence-corrected chi connectivity index (χ0v) is 8.54. The van der Waals surface area contributed by atoms with Gasteiger partial charge < -0.3 is 0 Å². The zero-order valence-electron chi connectivity index (χ0n) is 8.54. The van der Waals surface area contributed by atoms with Gasteiger partial charge in [-0.25, -0.2) is 0 Å². The summed E-state index contributed by atoms with van der Waals surface area (Å²) in [6.07, 6.45) is 6.94. The fourth-order valence-electron chi connectivity index (χ4n) is 1.76. The summed E-state index contributed by atoms with van der Waals surface area (Å²) in [6, 6.07) is 9.99. The average molecular weight is 207 g/mol. The Hall–Kier alpha value is -2.29. The lowest BCUT2D eigenvalue weighted by Gasteiger charge is -2.03. The molecule has 3 aromatic rings. The van der Waals surface area contributed by atoms with Crippen molar-refractivity contribution in [2.75, 3.05) is 0 Å². The molecule has 0 aliphatic heterocycles. The maximum absolute atomic E-state index is 4.32. The van der Waals surface area contributed by atoms with Gasteiger partial charge in [0, 0.05) is 29.5 Å². The molecular formula is C13H9N3. The van der Waals surface area contributed by atoms with E-state index in [0.717, 1.165) is 22.2 Å². The van der Waals surface area contributed by atoms with Crippen LogP contribution >= 0.6 is 0 Å². The van der Waals surface area contributed by atoms with Crippen molar-refractivity contribution in [3.8, 4) is 11.3 Å². The number of fused-ring (bicyclic) bond motifs is 1. The Balaban J connectivity index is 2.32. The normalized spacial score (nSPS) is 10.5. The van der Waals surface area contributed by atoms with Crippen molar-refractivity contribution in [1.29, 1.82) is 0 Å². The van der Waals surface area contributed by atoms with Crippen LogP contribution in [0.15, 0.2) is 55.1 Å². The van der Waals surface area contributed by atoms with E-state index in [1.807, 2.05) is 30.3 Å². The predicted molar refractivity (Wildman–Crippen MR) is 62.8 cm³/mol. The molecule has 0 spiro atoms. The maximum atomic E-state index is 4.32. The van der Waals surface area contributed by atoms with Gasteiger partial charge in [-0.05, 0) is 12.1 Å². The van der Waals surface area contributed by atoms with Crippen molar-refractivity contribution >= 4 is 10.9 Å². The Bertz CT molecular complexity index is 615. The molecule has 1 aromatic carbocycles. The summed E-state index contributed by atoms with van der Waals surface area (Å²) >= 11 is 0. The molecule has 0 bridgehead atoms. The molecule has 16 heavy (non-hydrogen) atoms. The standard InChI is InChI=1S/C13H9N3/c1-2-4-12-10(3-1)11(5-6-15-12)13-9-14-7-8-16-13/h1-9H. The number of pyridine rings is 1. The number of rotatable bonds is 1. The quantitative estimate of drug-likeness (QED) is 0.615. The molecule has 0 N–H and O–H groups in total. The van der Waals surface area contributed by atoms with Gasteiger partial charge in [-0.15, -0.1) is 0 Å². The monoisotopic (exact) mass is 207 g/mol. The van der Waals surface area contributed by atoms with Gasteiger partial charge in [0.05, 0.1) is 17.4 Å². The van der Waals surface area contributed by atoms with Gasteiger partial charge in [0.1, 0.15) is 0 Å². The molecular weight excluding hydrogens is 198 g/mol. The average Bonchev–Trinajstić information content (AvgIpc) is 2.39. The van der Waals surface area contributed by atoms with Crippen LogP contribution in [0.2, 0.25) is 0 Å². The fraction of sp³-hybridized carbons (Fsp3) is 0. The summed E-state index contributed by atoms with van der Waals surface area (Å²) in [5.41, 5.74) is 2.92. The Labute approximate surface area is 92.8 Å². The summed E-state index contributed by atoms with van der Waals surface area (Å²) in [5, 5.41) is 1.10. The van der Waals surface area contributed by atoms with E-state index < -0.39 is 0 Å². The number of para-hydroxylation sites is 1. The van der Waals surface area contributed by atoms with Crippen LogP contribution in [-0.4, -0.2) is 15.0 Å². The van der Waals surface area contributed by atoms with Crippen LogP contribution in [0.1, 0.15) is 0 Å². The van der Waals surface area contributed by atoms with Crippen LogP contribution < -0.4 is 0 Å². The first-order valence-electron chi connectivity index (χ1n) is 5.05. The predicted octanol–water partition coefficient (Wildman–Crippen LogP) is 2.69. The molecule has 0 aliphatic rings. The van der Waals surface area contributed by atoms with Crippen LogP contribution in [0.5, 0.6) is 0 Å². The maximum Gasteiger partial charge on any atom is 0.0892 e. The van der Waals surface area contributed by atoms with Gasteiger partial charge in [-0.1, -0.05) is 18.2 Å². The van der Waals surface area contributed by atoms with Gasteiger partial charge in [0.2, 0.25) is 0 Å². The highest BCUT2D eigenvalue weighted by Crippen LogP contribution is 2.24.